The number of thioether (sulfide) groups is 1. The molecule has 0 fully saturated rings. The largest absolute Gasteiger partial charge is 0.468 e. The van der Waals surface area contributed by atoms with Gasteiger partial charge in [-0.05, 0) is 32.7 Å². The van der Waals surface area contributed by atoms with Gasteiger partial charge in [0, 0.05) is 12.7 Å². The van der Waals surface area contributed by atoms with Crippen molar-refractivity contribution < 1.29 is 13.9 Å². The Hall–Kier alpha value is -1.08. The predicted octanol–water partition coefficient (Wildman–Crippen LogP) is 2.57. The fourth-order valence-electron chi connectivity index (χ4n) is 1.97. The van der Waals surface area contributed by atoms with Crippen molar-refractivity contribution in [3.63, 3.8) is 0 Å². The summed E-state index contributed by atoms with van der Waals surface area (Å²) in [4.78, 5) is 11.9. The topological polar surface area (TPSA) is 77.3 Å². The molecule has 0 spiro atoms. The second kappa shape index (κ2) is 9.04. The highest BCUT2D eigenvalue weighted by Crippen LogP contribution is 2.20. The number of rotatable bonds is 10. The fourth-order valence-corrected chi connectivity index (χ4v) is 2.77. The predicted molar refractivity (Wildman–Crippen MR) is 82.3 cm³/mol. The molecule has 120 valence electrons. The first-order chi connectivity index (χ1) is 10.0. The van der Waals surface area contributed by atoms with Gasteiger partial charge in [-0.1, -0.05) is 25.1 Å². The van der Waals surface area contributed by atoms with E-state index in [0.717, 1.165) is 38.0 Å². The number of carbonyl (C=O) groups excluding carboxylic acids is 1. The number of hydrogen-bond acceptors (Lipinski definition) is 7. The number of unbranched alkanes of at least 4 members (excludes halogenated alkanes) is 1. The summed E-state index contributed by atoms with van der Waals surface area (Å²) in [6, 6.07) is 0. The minimum atomic E-state index is -0.601. The summed E-state index contributed by atoms with van der Waals surface area (Å²) in [6.07, 6.45) is 3.65. The normalized spacial score (nSPS) is 13.9. The minimum absolute atomic E-state index is 0.198. The molecule has 21 heavy (non-hydrogen) atoms. The molecule has 0 saturated carbocycles. The lowest BCUT2D eigenvalue weighted by Crippen LogP contribution is -2.50. The van der Waals surface area contributed by atoms with Gasteiger partial charge in [-0.2, -0.15) is 0 Å². The summed E-state index contributed by atoms with van der Waals surface area (Å²) in [7, 11) is 1.43. The maximum Gasteiger partial charge on any atom is 0.325 e. The molecule has 6 nitrogen and oxygen atoms in total. The molecule has 7 heteroatoms. The average molecular weight is 315 g/mol. The van der Waals surface area contributed by atoms with Crippen molar-refractivity contribution in [3.05, 3.63) is 5.89 Å². The second-order valence-corrected chi connectivity index (χ2v) is 6.19. The number of nitrogens with zero attached hydrogens (tertiary/aromatic N) is 2. The highest BCUT2D eigenvalue weighted by molar-refractivity contribution is 7.99. The van der Waals surface area contributed by atoms with E-state index in [1.807, 2.05) is 6.92 Å². The van der Waals surface area contributed by atoms with Gasteiger partial charge < -0.3 is 14.5 Å². The lowest BCUT2D eigenvalue weighted by atomic mass is 9.95. The molecular weight excluding hydrogens is 290 g/mol. The van der Waals surface area contributed by atoms with Crippen molar-refractivity contribution in [2.75, 3.05) is 19.4 Å². The summed E-state index contributed by atoms with van der Waals surface area (Å²) in [5, 5.41) is 11.6. The van der Waals surface area contributed by atoms with Gasteiger partial charge >= 0.3 is 5.97 Å². The molecule has 0 radical (unpaired) electrons. The van der Waals surface area contributed by atoms with E-state index in [4.69, 9.17) is 9.15 Å². The Morgan fingerprint density at radius 1 is 1.43 bits per heavy atom. The third kappa shape index (κ3) is 6.05. The van der Waals surface area contributed by atoms with Crippen molar-refractivity contribution in [1.29, 1.82) is 0 Å². The SMILES string of the molecule is CCCNC(C)(CCCCSc1nnc(C)o1)C(=O)OC. The maximum absolute atomic E-state index is 11.9. The maximum atomic E-state index is 11.9. The Morgan fingerprint density at radius 2 is 2.19 bits per heavy atom. The van der Waals surface area contributed by atoms with Gasteiger partial charge in [-0.15, -0.1) is 10.2 Å². The van der Waals surface area contributed by atoms with Crippen LogP contribution < -0.4 is 5.32 Å². The first kappa shape index (κ1) is 18.0. The third-order valence-corrected chi connectivity index (χ3v) is 4.11. The second-order valence-electron chi connectivity index (χ2n) is 5.14. The van der Waals surface area contributed by atoms with E-state index < -0.39 is 5.54 Å². The van der Waals surface area contributed by atoms with Crippen LogP contribution in [-0.2, 0) is 9.53 Å². The number of hydrogen-bond donors (Lipinski definition) is 1. The van der Waals surface area contributed by atoms with Gasteiger partial charge in [-0.25, -0.2) is 0 Å². The quantitative estimate of drug-likeness (QED) is 0.404. The Morgan fingerprint density at radius 3 is 2.76 bits per heavy atom. The molecule has 1 atom stereocenters. The van der Waals surface area contributed by atoms with Crippen LogP contribution in [0.25, 0.3) is 0 Å². The van der Waals surface area contributed by atoms with Gasteiger partial charge in [0.15, 0.2) is 0 Å². The average Bonchev–Trinajstić information content (AvgIpc) is 2.89. The molecule has 0 aliphatic carbocycles. The summed E-state index contributed by atoms with van der Waals surface area (Å²) >= 11 is 1.55. The Labute approximate surface area is 130 Å². The zero-order valence-corrected chi connectivity index (χ0v) is 14.1. The molecule has 0 aliphatic rings. The van der Waals surface area contributed by atoms with Gasteiger partial charge in [0.1, 0.15) is 5.54 Å². The number of nitrogens with one attached hydrogen (secondary N) is 1. The summed E-state index contributed by atoms with van der Waals surface area (Å²) < 4.78 is 10.2. The molecular formula is C14H25N3O3S. The zero-order valence-electron chi connectivity index (χ0n) is 13.3. The van der Waals surface area contributed by atoms with Crippen LogP contribution in [0, 0.1) is 6.92 Å². The Bertz CT molecular complexity index is 439. The standard InChI is InChI=1S/C14H25N3O3S/c1-5-9-15-14(3,12(18)19-4)8-6-7-10-21-13-17-16-11(2)20-13/h15H,5-10H2,1-4H3. The van der Waals surface area contributed by atoms with Crippen LogP contribution in [0.15, 0.2) is 9.64 Å². The smallest absolute Gasteiger partial charge is 0.325 e. The van der Waals surface area contributed by atoms with Crippen LogP contribution in [0.3, 0.4) is 0 Å². The summed E-state index contributed by atoms with van der Waals surface area (Å²) in [5.74, 6) is 1.28. The van der Waals surface area contributed by atoms with E-state index in [0.29, 0.717) is 11.1 Å². The minimum Gasteiger partial charge on any atom is -0.468 e. The summed E-state index contributed by atoms with van der Waals surface area (Å²) in [5.41, 5.74) is -0.601. The summed E-state index contributed by atoms with van der Waals surface area (Å²) in [6.45, 7) is 6.57. The molecule has 0 aliphatic heterocycles. The Balaban J connectivity index is 2.31. The molecule has 0 amide bonds. The monoisotopic (exact) mass is 315 g/mol. The van der Waals surface area contributed by atoms with Crippen molar-refractivity contribution in [2.45, 2.75) is 57.2 Å². The molecule has 1 rings (SSSR count). The number of ether oxygens (including phenoxy) is 1. The first-order valence-corrected chi connectivity index (χ1v) is 8.26. The number of carbonyl (C=O) groups is 1. The molecule has 0 saturated heterocycles. The van der Waals surface area contributed by atoms with Crippen LogP contribution in [-0.4, -0.2) is 41.1 Å². The fraction of sp³-hybridized carbons (Fsp3) is 0.786. The van der Waals surface area contributed by atoms with Crippen LogP contribution in [0.2, 0.25) is 0 Å². The van der Waals surface area contributed by atoms with Gasteiger partial charge in [0.2, 0.25) is 5.89 Å². The number of methoxy groups -OCH3 is 1. The molecule has 1 heterocycles. The van der Waals surface area contributed by atoms with E-state index in [2.05, 4.69) is 22.4 Å². The lowest BCUT2D eigenvalue weighted by Gasteiger charge is -2.28. The Kier molecular flexibility index (Phi) is 7.74. The molecule has 1 unspecified atom stereocenters. The van der Waals surface area contributed by atoms with Crippen LogP contribution >= 0.6 is 11.8 Å². The van der Waals surface area contributed by atoms with E-state index in [1.165, 1.54) is 7.11 Å². The number of aromatic nitrogens is 2. The lowest BCUT2D eigenvalue weighted by molar-refractivity contribution is -0.148. The third-order valence-electron chi connectivity index (χ3n) is 3.21. The van der Waals surface area contributed by atoms with Gasteiger partial charge in [0.05, 0.1) is 7.11 Å². The van der Waals surface area contributed by atoms with Crippen LogP contribution in [0.5, 0.6) is 0 Å². The van der Waals surface area contributed by atoms with Gasteiger partial charge in [0.25, 0.3) is 5.22 Å². The van der Waals surface area contributed by atoms with Crippen molar-refractivity contribution >= 4 is 17.7 Å². The van der Waals surface area contributed by atoms with E-state index in [9.17, 15) is 4.79 Å². The van der Waals surface area contributed by atoms with Crippen molar-refractivity contribution in [1.82, 2.24) is 15.5 Å². The van der Waals surface area contributed by atoms with E-state index in [1.54, 1.807) is 18.7 Å². The molecule has 0 aromatic carbocycles. The molecule has 1 N–H and O–H groups in total. The van der Waals surface area contributed by atoms with Crippen molar-refractivity contribution in [3.8, 4) is 0 Å². The van der Waals surface area contributed by atoms with Gasteiger partial charge in [-0.3, -0.25) is 4.79 Å². The van der Waals surface area contributed by atoms with E-state index in [-0.39, 0.29) is 5.97 Å². The highest BCUT2D eigenvalue weighted by atomic mass is 32.2. The molecule has 1 aromatic heterocycles. The van der Waals surface area contributed by atoms with Crippen LogP contribution in [0.1, 0.15) is 45.4 Å². The zero-order chi connectivity index (χ0) is 15.7. The molecule has 1 aromatic rings. The highest BCUT2D eigenvalue weighted by Gasteiger charge is 2.32. The number of aryl methyl sites for hydroxylation is 1. The van der Waals surface area contributed by atoms with Crippen LogP contribution in [0.4, 0.5) is 0 Å². The molecule has 0 bridgehead atoms. The first-order valence-electron chi connectivity index (χ1n) is 7.28. The van der Waals surface area contributed by atoms with Crippen molar-refractivity contribution in [2.24, 2.45) is 0 Å². The van der Waals surface area contributed by atoms with E-state index >= 15 is 0 Å². The number of esters is 1.